The Hall–Kier alpha value is -2.72. The minimum absolute atomic E-state index is 0.0869. The van der Waals surface area contributed by atoms with E-state index in [0.717, 1.165) is 25.9 Å². The Morgan fingerprint density at radius 2 is 2.18 bits per heavy atom. The molecular weight excluding hydrogens is 444 g/mol. The van der Waals surface area contributed by atoms with Crippen molar-refractivity contribution in [2.45, 2.75) is 52.5 Å². The van der Waals surface area contributed by atoms with E-state index in [0.29, 0.717) is 47.9 Å². The summed E-state index contributed by atoms with van der Waals surface area (Å²) in [5.41, 5.74) is 1.04. The van der Waals surface area contributed by atoms with Gasteiger partial charge in [0.25, 0.3) is 5.91 Å². The van der Waals surface area contributed by atoms with Gasteiger partial charge in [0.2, 0.25) is 5.91 Å². The lowest BCUT2D eigenvalue weighted by molar-refractivity contribution is -0.144. The van der Waals surface area contributed by atoms with Crippen molar-refractivity contribution in [1.82, 2.24) is 14.8 Å². The molecule has 180 valence electrons. The lowest BCUT2D eigenvalue weighted by atomic mass is 10.2. The standard InChI is InChI=1S/C23H32N4O5S/c1-4-26-10-6-7-18(26)14-27(11-8-21(29)31-5-2)20(28)13-17-15-33-23(24-17)25-22(30)19-9-12-32-16(19)3/h9,12,15,18H,4-8,10-11,13-14H2,1-3H3,(H,24,25,30). The number of thiazole rings is 1. The highest BCUT2D eigenvalue weighted by Gasteiger charge is 2.28. The van der Waals surface area contributed by atoms with E-state index in [1.165, 1.54) is 17.6 Å². The second-order valence-electron chi connectivity index (χ2n) is 7.98. The molecule has 0 bridgehead atoms. The number of likely N-dealkylation sites (tertiary alicyclic amines) is 1. The van der Waals surface area contributed by atoms with Crippen LogP contribution >= 0.6 is 11.3 Å². The van der Waals surface area contributed by atoms with Crippen LogP contribution < -0.4 is 5.32 Å². The lowest BCUT2D eigenvalue weighted by Crippen LogP contribution is -2.44. The molecule has 2 aromatic heterocycles. The van der Waals surface area contributed by atoms with Crippen LogP contribution in [0, 0.1) is 6.92 Å². The first kappa shape index (κ1) is 24.9. The Kier molecular flexibility index (Phi) is 9.02. The molecule has 0 aliphatic carbocycles. The molecule has 0 radical (unpaired) electrons. The molecular formula is C23H32N4O5S. The second-order valence-corrected chi connectivity index (χ2v) is 8.84. The Balaban J connectivity index is 1.62. The van der Waals surface area contributed by atoms with E-state index in [9.17, 15) is 14.4 Å². The van der Waals surface area contributed by atoms with Crippen molar-refractivity contribution < 1.29 is 23.5 Å². The molecule has 1 aliphatic heterocycles. The lowest BCUT2D eigenvalue weighted by Gasteiger charge is -2.30. The van der Waals surface area contributed by atoms with Gasteiger partial charge in [0.05, 0.1) is 37.0 Å². The number of likely N-dealkylation sites (N-methyl/N-ethyl adjacent to an activating group) is 1. The van der Waals surface area contributed by atoms with Crippen molar-refractivity contribution in [2.75, 3.05) is 38.1 Å². The van der Waals surface area contributed by atoms with Crippen LogP contribution in [0.3, 0.4) is 0 Å². The minimum atomic E-state index is -0.303. The fourth-order valence-corrected chi connectivity index (χ4v) is 4.75. The van der Waals surface area contributed by atoms with Crippen LogP contribution in [0.25, 0.3) is 0 Å². The highest BCUT2D eigenvalue weighted by Crippen LogP contribution is 2.21. The number of furan rings is 1. The number of esters is 1. The van der Waals surface area contributed by atoms with Crippen molar-refractivity contribution in [3.63, 3.8) is 0 Å². The first-order chi connectivity index (χ1) is 15.9. The predicted molar refractivity (Wildman–Crippen MR) is 125 cm³/mol. The summed E-state index contributed by atoms with van der Waals surface area (Å²) >= 11 is 1.27. The third kappa shape index (κ3) is 6.88. The van der Waals surface area contributed by atoms with E-state index in [1.807, 2.05) is 0 Å². The maximum Gasteiger partial charge on any atom is 0.307 e. The molecule has 2 aromatic rings. The van der Waals surface area contributed by atoms with Gasteiger partial charge in [-0.05, 0) is 45.8 Å². The van der Waals surface area contributed by atoms with Crippen LogP contribution in [0.1, 0.15) is 54.9 Å². The summed E-state index contributed by atoms with van der Waals surface area (Å²) in [6.07, 6.45) is 3.89. The van der Waals surface area contributed by atoms with Gasteiger partial charge in [0, 0.05) is 24.5 Å². The first-order valence-corrected chi connectivity index (χ1v) is 12.3. The van der Waals surface area contributed by atoms with Crippen molar-refractivity contribution in [1.29, 1.82) is 0 Å². The molecule has 9 nitrogen and oxygen atoms in total. The second kappa shape index (κ2) is 11.9. The smallest absolute Gasteiger partial charge is 0.307 e. The Labute approximate surface area is 198 Å². The quantitative estimate of drug-likeness (QED) is 0.497. The number of hydrogen-bond acceptors (Lipinski definition) is 8. The molecule has 2 amide bonds. The molecule has 1 saturated heterocycles. The van der Waals surface area contributed by atoms with Gasteiger partial charge < -0.3 is 14.1 Å². The topological polar surface area (TPSA) is 105 Å². The van der Waals surface area contributed by atoms with Gasteiger partial charge in [-0.25, -0.2) is 4.98 Å². The average Bonchev–Trinajstić information content (AvgIpc) is 3.52. The van der Waals surface area contributed by atoms with Crippen molar-refractivity contribution in [3.05, 3.63) is 34.7 Å². The SMILES string of the molecule is CCOC(=O)CCN(CC1CCCN1CC)C(=O)Cc1csc(NC(=O)c2ccoc2C)n1. The number of amides is 2. The number of rotatable bonds is 11. The summed E-state index contributed by atoms with van der Waals surface area (Å²) in [6.45, 7) is 8.81. The third-order valence-corrected chi connectivity index (χ3v) is 6.59. The number of nitrogens with zero attached hydrogens (tertiary/aromatic N) is 3. The molecule has 33 heavy (non-hydrogen) atoms. The van der Waals surface area contributed by atoms with Crippen LogP contribution in [0.4, 0.5) is 5.13 Å². The van der Waals surface area contributed by atoms with Crippen LogP contribution in [0.15, 0.2) is 22.1 Å². The monoisotopic (exact) mass is 476 g/mol. The van der Waals surface area contributed by atoms with Gasteiger partial charge >= 0.3 is 5.97 Å². The largest absolute Gasteiger partial charge is 0.469 e. The molecule has 0 saturated carbocycles. The molecule has 1 atom stereocenters. The Morgan fingerprint density at radius 1 is 1.36 bits per heavy atom. The average molecular weight is 477 g/mol. The van der Waals surface area contributed by atoms with Gasteiger partial charge in [-0.3, -0.25) is 24.6 Å². The third-order valence-electron chi connectivity index (χ3n) is 5.79. The van der Waals surface area contributed by atoms with Crippen molar-refractivity contribution in [3.8, 4) is 0 Å². The first-order valence-electron chi connectivity index (χ1n) is 11.4. The van der Waals surface area contributed by atoms with Gasteiger partial charge in [0.15, 0.2) is 5.13 Å². The van der Waals surface area contributed by atoms with Crippen LogP contribution in [-0.4, -0.2) is 71.4 Å². The number of aryl methyl sites for hydroxylation is 1. The summed E-state index contributed by atoms with van der Waals surface area (Å²) < 4.78 is 10.2. The molecule has 10 heteroatoms. The van der Waals surface area contributed by atoms with Crippen molar-refractivity contribution >= 4 is 34.3 Å². The molecule has 3 heterocycles. The van der Waals surface area contributed by atoms with E-state index in [2.05, 4.69) is 22.1 Å². The van der Waals surface area contributed by atoms with Crippen LogP contribution in [0.2, 0.25) is 0 Å². The molecule has 1 fully saturated rings. The van der Waals surface area contributed by atoms with Crippen LogP contribution in [-0.2, 0) is 20.7 Å². The fourth-order valence-electron chi connectivity index (χ4n) is 4.05. The van der Waals surface area contributed by atoms with E-state index in [-0.39, 0.29) is 30.6 Å². The number of carbonyl (C=O) groups excluding carboxylic acids is 3. The summed E-state index contributed by atoms with van der Waals surface area (Å²) in [7, 11) is 0. The molecule has 1 aliphatic rings. The number of hydrogen-bond donors (Lipinski definition) is 1. The van der Waals surface area contributed by atoms with Crippen LogP contribution in [0.5, 0.6) is 0 Å². The van der Waals surface area contributed by atoms with Crippen molar-refractivity contribution in [2.24, 2.45) is 0 Å². The summed E-state index contributed by atoms with van der Waals surface area (Å²) in [6, 6.07) is 1.90. The number of carbonyl (C=O) groups is 3. The maximum atomic E-state index is 13.1. The van der Waals surface area contributed by atoms with E-state index in [1.54, 1.807) is 30.2 Å². The zero-order valence-electron chi connectivity index (χ0n) is 19.5. The minimum Gasteiger partial charge on any atom is -0.469 e. The number of anilines is 1. The van der Waals surface area contributed by atoms with E-state index >= 15 is 0 Å². The van der Waals surface area contributed by atoms with E-state index < -0.39 is 0 Å². The summed E-state index contributed by atoms with van der Waals surface area (Å²) in [5, 5.41) is 4.95. The van der Waals surface area contributed by atoms with Gasteiger partial charge in [-0.1, -0.05) is 6.92 Å². The Bertz CT molecular complexity index is 956. The zero-order valence-corrected chi connectivity index (χ0v) is 20.3. The predicted octanol–water partition coefficient (Wildman–Crippen LogP) is 3.11. The van der Waals surface area contributed by atoms with E-state index in [4.69, 9.17) is 9.15 Å². The highest BCUT2D eigenvalue weighted by atomic mass is 32.1. The van der Waals surface area contributed by atoms with Gasteiger partial charge in [-0.15, -0.1) is 11.3 Å². The molecule has 1 unspecified atom stereocenters. The number of ether oxygens (including phenoxy) is 1. The Morgan fingerprint density at radius 3 is 2.88 bits per heavy atom. The fraction of sp³-hybridized carbons (Fsp3) is 0.565. The zero-order chi connectivity index (χ0) is 23.8. The number of nitrogens with one attached hydrogen (secondary N) is 1. The normalized spacial score (nSPS) is 16.0. The maximum absolute atomic E-state index is 13.1. The molecule has 0 spiro atoms. The number of aromatic nitrogens is 1. The van der Waals surface area contributed by atoms with Gasteiger partial charge in [0.1, 0.15) is 5.76 Å². The van der Waals surface area contributed by atoms with Gasteiger partial charge in [-0.2, -0.15) is 0 Å². The summed E-state index contributed by atoms with van der Waals surface area (Å²) in [5.74, 6) is -0.159. The highest BCUT2D eigenvalue weighted by molar-refractivity contribution is 7.14. The molecule has 3 rings (SSSR count). The molecule has 0 aromatic carbocycles. The summed E-state index contributed by atoms with van der Waals surface area (Å²) in [4.78, 5) is 45.9. The molecule has 1 N–H and O–H groups in total.